The van der Waals surface area contributed by atoms with Gasteiger partial charge in [0.25, 0.3) is 0 Å². The predicted octanol–water partition coefficient (Wildman–Crippen LogP) is 1.57. The second kappa shape index (κ2) is 7.18. The van der Waals surface area contributed by atoms with Crippen LogP contribution in [-0.4, -0.2) is 40.2 Å². The molecule has 20 heavy (non-hydrogen) atoms. The Balaban J connectivity index is 1.49. The Kier molecular flexibility index (Phi) is 5.03. The highest BCUT2D eigenvalue weighted by molar-refractivity contribution is 4.90. The first kappa shape index (κ1) is 14.0. The van der Waals surface area contributed by atoms with Crippen molar-refractivity contribution in [3.05, 3.63) is 12.4 Å². The molecule has 3 unspecified atom stereocenters. The maximum absolute atomic E-state index is 4.02. The van der Waals surface area contributed by atoms with Gasteiger partial charge in [-0.3, -0.25) is 4.68 Å². The average Bonchev–Trinajstić information content (AvgIpc) is 3.02. The maximum atomic E-state index is 4.02. The van der Waals surface area contributed by atoms with Gasteiger partial charge in [0.2, 0.25) is 0 Å². The summed E-state index contributed by atoms with van der Waals surface area (Å²) in [5, 5.41) is 15.4. The zero-order valence-electron chi connectivity index (χ0n) is 12.3. The molecule has 2 N–H and O–H groups in total. The van der Waals surface area contributed by atoms with Crippen molar-refractivity contribution in [2.75, 3.05) is 13.1 Å². The third-order valence-corrected chi connectivity index (χ3v) is 4.90. The summed E-state index contributed by atoms with van der Waals surface area (Å²) in [6, 6.07) is 1.43. The number of hydrogen-bond donors (Lipinski definition) is 2. The number of rotatable bonds is 5. The van der Waals surface area contributed by atoms with Gasteiger partial charge >= 0.3 is 0 Å². The lowest BCUT2D eigenvalue weighted by Gasteiger charge is -2.40. The Hall–Kier alpha value is -0.940. The van der Waals surface area contributed by atoms with E-state index in [-0.39, 0.29) is 0 Å². The van der Waals surface area contributed by atoms with E-state index in [4.69, 9.17) is 0 Å². The molecule has 5 nitrogen and oxygen atoms in total. The van der Waals surface area contributed by atoms with E-state index in [9.17, 15) is 0 Å². The highest BCUT2D eigenvalue weighted by atomic mass is 15.4. The SMILES string of the molecule is c1cn(CCNC2CCCCC2C2CCCCN2)nn1. The molecule has 3 atom stereocenters. The van der Waals surface area contributed by atoms with Gasteiger partial charge in [0.15, 0.2) is 0 Å². The Labute approximate surface area is 121 Å². The maximum Gasteiger partial charge on any atom is 0.0692 e. The van der Waals surface area contributed by atoms with Crippen LogP contribution in [0.15, 0.2) is 12.4 Å². The van der Waals surface area contributed by atoms with Crippen LogP contribution >= 0.6 is 0 Å². The Bertz CT molecular complexity index is 372. The summed E-state index contributed by atoms with van der Waals surface area (Å²) in [6.07, 6.45) is 13.3. The molecule has 2 fully saturated rings. The molecule has 1 saturated carbocycles. The van der Waals surface area contributed by atoms with Crippen molar-refractivity contribution in [2.24, 2.45) is 5.92 Å². The van der Waals surface area contributed by atoms with Crippen LogP contribution in [0.2, 0.25) is 0 Å². The zero-order valence-corrected chi connectivity index (χ0v) is 12.3. The molecule has 0 radical (unpaired) electrons. The molecule has 3 rings (SSSR count). The standard InChI is InChI=1S/C15H27N5/c1-2-6-15(17-9-11-20-12-10-18-19-20)13(5-1)14-7-3-4-8-16-14/h10,12-17H,1-9,11H2. The van der Waals surface area contributed by atoms with Crippen molar-refractivity contribution in [2.45, 2.75) is 63.6 Å². The lowest BCUT2D eigenvalue weighted by atomic mass is 9.77. The van der Waals surface area contributed by atoms with Crippen LogP contribution in [-0.2, 0) is 6.54 Å². The Morgan fingerprint density at radius 1 is 1.15 bits per heavy atom. The van der Waals surface area contributed by atoms with Crippen LogP contribution in [0.25, 0.3) is 0 Å². The summed E-state index contributed by atoms with van der Waals surface area (Å²) in [6.45, 7) is 3.13. The quantitative estimate of drug-likeness (QED) is 0.858. The van der Waals surface area contributed by atoms with Crippen LogP contribution in [0.1, 0.15) is 44.9 Å². The highest BCUT2D eigenvalue weighted by Crippen LogP contribution is 2.30. The van der Waals surface area contributed by atoms with Crippen molar-refractivity contribution in [3.63, 3.8) is 0 Å². The molecule has 1 aromatic rings. The zero-order chi connectivity index (χ0) is 13.6. The lowest BCUT2D eigenvalue weighted by Crippen LogP contribution is -2.51. The van der Waals surface area contributed by atoms with Gasteiger partial charge < -0.3 is 10.6 Å². The molecule has 1 aliphatic carbocycles. The van der Waals surface area contributed by atoms with E-state index < -0.39 is 0 Å². The van der Waals surface area contributed by atoms with Gasteiger partial charge in [-0.1, -0.05) is 24.5 Å². The number of hydrogen-bond acceptors (Lipinski definition) is 4. The van der Waals surface area contributed by atoms with Crippen LogP contribution in [0.4, 0.5) is 0 Å². The molecule has 0 aromatic carbocycles. The summed E-state index contributed by atoms with van der Waals surface area (Å²) in [7, 11) is 0. The molecule has 112 valence electrons. The van der Waals surface area contributed by atoms with Gasteiger partial charge in [0, 0.05) is 24.8 Å². The number of piperidine rings is 1. The van der Waals surface area contributed by atoms with Crippen molar-refractivity contribution in [3.8, 4) is 0 Å². The number of nitrogens with one attached hydrogen (secondary N) is 2. The van der Waals surface area contributed by atoms with E-state index in [1.165, 1.54) is 51.5 Å². The van der Waals surface area contributed by atoms with Crippen LogP contribution in [0, 0.1) is 5.92 Å². The van der Waals surface area contributed by atoms with E-state index in [1.807, 2.05) is 10.9 Å². The van der Waals surface area contributed by atoms with Gasteiger partial charge in [-0.05, 0) is 38.1 Å². The minimum atomic E-state index is 0.683. The van der Waals surface area contributed by atoms with E-state index in [0.717, 1.165) is 25.0 Å². The lowest BCUT2D eigenvalue weighted by molar-refractivity contribution is 0.181. The van der Waals surface area contributed by atoms with Crippen LogP contribution < -0.4 is 10.6 Å². The summed E-state index contributed by atoms with van der Waals surface area (Å²) >= 11 is 0. The van der Waals surface area contributed by atoms with Crippen molar-refractivity contribution in [1.82, 2.24) is 25.6 Å². The molecule has 1 aliphatic heterocycles. The van der Waals surface area contributed by atoms with Gasteiger partial charge in [-0.15, -0.1) is 5.10 Å². The van der Waals surface area contributed by atoms with Crippen molar-refractivity contribution < 1.29 is 0 Å². The van der Waals surface area contributed by atoms with Gasteiger partial charge in [-0.25, -0.2) is 0 Å². The normalized spacial score (nSPS) is 31.3. The monoisotopic (exact) mass is 277 g/mol. The molecule has 0 spiro atoms. The van der Waals surface area contributed by atoms with E-state index >= 15 is 0 Å². The van der Waals surface area contributed by atoms with E-state index in [2.05, 4.69) is 20.9 Å². The van der Waals surface area contributed by atoms with Crippen molar-refractivity contribution in [1.29, 1.82) is 0 Å². The topological polar surface area (TPSA) is 54.8 Å². The molecular formula is C15H27N5. The fraction of sp³-hybridized carbons (Fsp3) is 0.867. The molecule has 2 heterocycles. The first-order chi connectivity index (χ1) is 9.93. The van der Waals surface area contributed by atoms with Crippen LogP contribution in [0.3, 0.4) is 0 Å². The third-order valence-electron chi connectivity index (χ3n) is 4.90. The minimum absolute atomic E-state index is 0.683. The van der Waals surface area contributed by atoms with E-state index in [1.54, 1.807) is 6.20 Å². The second-order valence-electron chi connectivity index (χ2n) is 6.23. The minimum Gasteiger partial charge on any atom is -0.314 e. The molecular weight excluding hydrogens is 250 g/mol. The fourth-order valence-electron chi connectivity index (χ4n) is 3.86. The smallest absolute Gasteiger partial charge is 0.0692 e. The Morgan fingerprint density at radius 2 is 2.05 bits per heavy atom. The predicted molar refractivity (Wildman–Crippen MR) is 79.4 cm³/mol. The van der Waals surface area contributed by atoms with Gasteiger partial charge in [0.1, 0.15) is 0 Å². The summed E-state index contributed by atoms with van der Waals surface area (Å²) < 4.78 is 1.91. The molecule has 0 amide bonds. The molecule has 5 heteroatoms. The van der Waals surface area contributed by atoms with Gasteiger partial charge in [0.05, 0.1) is 12.7 Å². The number of nitrogens with zero attached hydrogens (tertiary/aromatic N) is 3. The fourth-order valence-corrected chi connectivity index (χ4v) is 3.86. The summed E-state index contributed by atoms with van der Waals surface area (Å²) in [4.78, 5) is 0. The number of aromatic nitrogens is 3. The highest BCUT2D eigenvalue weighted by Gasteiger charge is 2.31. The molecule has 2 aliphatic rings. The molecule has 1 saturated heterocycles. The first-order valence-corrected chi connectivity index (χ1v) is 8.24. The molecule has 0 bridgehead atoms. The second-order valence-corrected chi connectivity index (χ2v) is 6.23. The third kappa shape index (κ3) is 3.58. The average molecular weight is 277 g/mol. The Morgan fingerprint density at radius 3 is 2.85 bits per heavy atom. The van der Waals surface area contributed by atoms with Crippen LogP contribution in [0.5, 0.6) is 0 Å². The van der Waals surface area contributed by atoms with Crippen molar-refractivity contribution >= 4 is 0 Å². The van der Waals surface area contributed by atoms with E-state index in [0.29, 0.717) is 6.04 Å². The molecule has 1 aromatic heterocycles. The first-order valence-electron chi connectivity index (χ1n) is 8.24. The largest absolute Gasteiger partial charge is 0.314 e. The summed E-state index contributed by atoms with van der Waals surface area (Å²) in [5.74, 6) is 0.819. The summed E-state index contributed by atoms with van der Waals surface area (Å²) in [5.41, 5.74) is 0. The van der Waals surface area contributed by atoms with Gasteiger partial charge in [-0.2, -0.15) is 0 Å².